The van der Waals surface area contributed by atoms with Gasteiger partial charge >= 0.3 is 5.97 Å². The number of ether oxygens (including phenoxy) is 2. The van der Waals surface area contributed by atoms with E-state index in [1.54, 1.807) is 0 Å². The second-order valence-electron chi connectivity index (χ2n) is 4.13. The summed E-state index contributed by atoms with van der Waals surface area (Å²) >= 11 is 0. The highest BCUT2D eigenvalue weighted by atomic mass is 16.6. The summed E-state index contributed by atoms with van der Waals surface area (Å²) in [5.41, 5.74) is 0.124. The lowest BCUT2D eigenvalue weighted by atomic mass is 10.1. The summed E-state index contributed by atoms with van der Waals surface area (Å²) in [6.07, 6.45) is 0. The Morgan fingerprint density at radius 1 is 1.21 bits per heavy atom. The second kappa shape index (κ2) is 6.79. The van der Waals surface area contributed by atoms with Gasteiger partial charge in [0.15, 0.2) is 0 Å². The summed E-state index contributed by atoms with van der Waals surface area (Å²) in [7, 11) is 0. The molecule has 0 aromatic rings. The van der Waals surface area contributed by atoms with E-state index in [1.807, 2.05) is 0 Å². The zero-order valence-electron chi connectivity index (χ0n) is 9.55. The molecule has 0 fully saturated rings. The Balaban J connectivity index is 3.11. The van der Waals surface area contributed by atoms with Gasteiger partial charge in [-0.1, -0.05) is 0 Å². The first-order chi connectivity index (χ1) is 6.42. The van der Waals surface area contributed by atoms with E-state index in [1.165, 1.54) is 6.92 Å². The van der Waals surface area contributed by atoms with Crippen LogP contribution in [-0.4, -0.2) is 37.9 Å². The lowest BCUT2D eigenvalue weighted by Crippen LogP contribution is -2.38. The minimum Gasteiger partial charge on any atom is -0.463 e. The van der Waals surface area contributed by atoms with Crippen LogP contribution >= 0.6 is 0 Å². The SMILES string of the molecule is CC(=O)OCCOCCNC(C)(C)C. The Labute approximate surface area is 86.0 Å². The maximum absolute atomic E-state index is 10.4. The van der Waals surface area contributed by atoms with Crippen molar-refractivity contribution in [3.05, 3.63) is 0 Å². The number of esters is 1. The van der Waals surface area contributed by atoms with E-state index in [0.29, 0.717) is 19.8 Å². The van der Waals surface area contributed by atoms with Crippen LogP contribution in [0.2, 0.25) is 0 Å². The molecule has 0 aromatic heterocycles. The Kier molecular flexibility index (Phi) is 6.49. The van der Waals surface area contributed by atoms with Crippen LogP contribution in [0, 0.1) is 0 Å². The molecule has 4 heteroatoms. The van der Waals surface area contributed by atoms with Crippen molar-refractivity contribution in [2.24, 2.45) is 0 Å². The average Bonchev–Trinajstić information content (AvgIpc) is 2.00. The lowest BCUT2D eigenvalue weighted by Gasteiger charge is -2.20. The van der Waals surface area contributed by atoms with Gasteiger partial charge in [-0.15, -0.1) is 0 Å². The fourth-order valence-electron chi connectivity index (χ4n) is 0.845. The molecule has 0 aliphatic heterocycles. The molecular formula is C10H21NO3. The van der Waals surface area contributed by atoms with Gasteiger partial charge in [0, 0.05) is 19.0 Å². The highest BCUT2D eigenvalue weighted by Crippen LogP contribution is 1.96. The van der Waals surface area contributed by atoms with Crippen molar-refractivity contribution < 1.29 is 14.3 Å². The number of nitrogens with one attached hydrogen (secondary N) is 1. The van der Waals surface area contributed by atoms with Crippen molar-refractivity contribution in [3.8, 4) is 0 Å². The van der Waals surface area contributed by atoms with E-state index in [2.05, 4.69) is 26.1 Å². The van der Waals surface area contributed by atoms with Gasteiger partial charge in [0.1, 0.15) is 6.61 Å². The standard InChI is InChI=1S/C10H21NO3/c1-9(12)14-8-7-13-6-5-11-10(2,3)4/h11H,5-8H2,1-4H3. The molecule has 0 heterocycles. The topological polar surface area (TPSA) is 47.6 Å². The van der Waals surface area contributed by atoms with Crippen molar-refractivity contribution in [3.63, 3.8) is 0 Å². The third-order valence-corrected chi connectivity index (χ3v) is 1.43. The van der Waals surface area contributed by atoms with E-state index in [4.69, 9.17) is 9.47 Å². The zero-order chi connectivity index (χ0) is 11.0. The molecule has 0 saturated heterocycles. The Hall–Kier alpha value is -0.610. The minimum absolute atomic E-state index is 0.124. The molecule has 0 bridgehead atoms. The van der Waals surface area contributed by atoms with Crippen LogP contribution in [0.4, 0.5) is 0 Å². The molecule has 0 amide bonds. The Bertz CT molecular complexity index is 163. The van der Waals surface area contributed by atoms with Crippen LogP contribution in [0.15, 0.2) is 0 Å². The smallest absolute Gasteiger partial charge is 0.302 e. The summed E-state index contributed by atoms with van der Waals surface area (Å²) in [6, 6.07) is 0. The molecule has 0 unspecified atom stereocenters. The number of carbonyl (C=O) groups excluding carboxylic acids is 1. The number of carbonyl (C=O) groups is 1. The van der Waals surface area contributed by atoms with Gasteiger partial charge in [-0.2, -0.15) is 0 Å². The fourth-order valence-corrected chi connectivity index (χ4v) is 0.845. The maximum atomic E-state index is 10.4. The number of rotatable bonds is 6. The van der Waals surface area contributed by atoms with Gasteiger partial charge in [0.2, 0.25) is 0 Å². The van der Waals surface area contributed by atoms with E-state index in [0.717, 1.165) is 6.54 Å². The van der Waals surface area contributed by atoms with Gasteiger partial charge in [0.05, 0.1) is 13.2 Å². The molecule has 0 rings (SSSR count). The summed E-state index contributed by atoms with van der Waals surface area (Å²) in [6.45, 7) is 9.95. The van der Waals surface area contributed by atoms with Crippen LogP contribution in [0.25, 0.3) is 0 Å². The van der Waals surface area contributed by atoms with Gasteiger partial charge in [-0.3, -0.25) is 4.79 Å². The summed E-state index contributed by atoms with van der Waals surface area (Å²) in [4.78, 5) is 10.4. The first kappa shape index (κ1) is 13.4. The quantitative estimate of drug-likeness (QED) is 0.516. The summed E-state index contributed by atoms with van der Waals surface area (Å²) < 4.78 is 9.94. The molecule has 0 aliphatic carbocycles. The van der Waals surface area contributed by atoms with E-state index in [9.17, 15) is 4.79 Å². The predicted molar refractivity (Wildman–Crippen MR) is 55.2 cm³/mol. The van der Waals surface area contributed by atoms with Gasteiger partial charge in [-0.25, -0.2) is 0 Å². The first-order valence-electron chi connectivity index (χ1n) is 4.88. The van der Waals surface area contributed by atoms with Crippen LogP contribution in [-0.2, 0) is 14.3 Å². The van der Waals surface area contributed by atoms with Gasteiger partial charge < -0.3 is 14.8 Å². The van der Waals surface area contributed by atoms with E-state index in [-0.39, 0.29) is 11.5 Å². The van der Waals surface area contributed by atoms with Crippen molar-refractivity contribution >= 4 is 5.97 Å². The lowest BCUT2D eigenvalue weighted by molar-refractivity contribution is -0.142. The molecule has 0 radical (unpaired) electrons. The maximum Gasteiger partial charge on any atom is 0.302 e. The Morgan fingerprint density at radius 3 is 2.36 bits per heavy atom. The summed E-state index contributed by atoms with van der Waals surface area (Å²) in [5, 5.41) is 3.29. The van der Waals surface area contributed by atoms with Crippen LogP contribution in [0.5, 0.6) is 0 Å². The summed E-state index contributed by atoms with van der Waals surface area (Å²) in [5.74, 6) is -0.263. The predicted octanol–water partition coefficient (Wildman–Crippen LogP) is 0.954. The molecule has 0 aromatic carbocycles. The van der Waals surface area contributed by atoms with Crippen molar-refractivity contribution in [2.75, 3.05) is 26.4 Å². The van der Waals surface area contributed by atoms with Crippen LogP contribution < -0.4 is 5.32 Å². The molecule has 0 aliphatic rings. The molecule has 84 valence electrons. The third kappa shape index (κ3) is 11.4. The molecule has 14 heavy (non-hydrogen) atoms. The van der Waals surface area contributed by atoms with Crippen molar-refractivity contribution in [2.45, 2.75) is 33.2 Å². The van der Waals surface area contributed by atoms with E-state index < -0.39 is 0 Å². The zero-order valence-corrected chi connectivity index (χ0v) is 9.55. The third-order valence-electron chi connectivity index (χ3n) is 1.43. The molecule has 1 N–H and O–H groups in total. The highest BCUT2D eigenvalue weighted by molar-refractivity contribution is 5.65. The number of hydrogen-bond acceptors (Lipinski definition) is 4. The molecular weight excluding hydrogens is 182 g/mol. The number of hydrogen-bond donors (Lipinski definition) is 1. The highest BCUT2D eigenvalue weighted by Gasteiger charge is 2.06. The normalized spacial score (nSPS) is 11.4. The van der Waals surface area contributed by atoms with Gasteiger partial charge in [0.25, 0.3) is 0 Å². The second-order valence-corrected chi connectivity index (χ2v) is 4.13. The molecule has 0 saturated carbocycles. The minimum atomic E-state index is -0.263. The van der Waals surface area contributed by atoms with Crippen molar-refractivity contribution in [1.29, 1.82) is 0 Å². The van der Waals surface area contributed by atoms with Crippen LogP contribution in [0.1, 0.15) is 27.7 Å². The monoisotopic (exact) mass is 203 g/mol. The molecule has 0 spiro atoms. The van der Waals surface area contributed by atoms with Gasteiger partial charge in [-0.05, 0) is 20.8 Å². The van der Waals surface area contributed by atoms with E-state index >= 15 is 0 Å². The largest absolute Gasteiger partial charge is 0.463 e. The molecule has 0 atom stereocenters. The van der Waals surface area contributed by atoms with Crippen molar-refractivity contribution in [1.82, 2.24) is 5.32 Å². The first-order valence-corrected chi connectivity index (χ1v) is 4.88. The van der Waals surface area contributed by atoms with Crippen LogP contribution in [0.3, 0.4) is 0 Å². The molecule has 4 nitrogen and oxygen atoms in total. The fraction of sp³-hybridized carbons (Fsp3) is 0.900. The average molecular weight is 203 g/mol. The Morgan fingerprint density at radius 2 is 1.86 bits per heavy atom.